The van der Waals surface area contributed by atoms with E-state index in [1.54, 1.807) is 6.20 Å². The van der Waals surface area contributed by atoms with Crippen molar-refractivity contribution in [3.63, 3.8) is 0 Å². The molecular weight excluding hydrogens is 313 g/mol. The molecule has 0 spiro atoms. The summed E-state index contributed by atoms with van der Waals surface area (Å²) in [5, 5.41) is 1.59. The Balaban J connectivity index is 2.89. The highest BCUT2D eigenvalue weighted by molar-refractivity contribution is 9.10. The summed E-state index contributed by atoms with van der Waals surface area (Å²) in [6, 6.07) is 5.30. The minimum atomic E-state index is -0.273. The molecule has 1 aromatic carbocycles. The van der Waals surface area contributed by atoms with Gasteiger partial charge in [0.05, 0.1) is 9.99 Å². The fourth-order valence-electron chi connectivity index (χ4n) is 1.36. The lowest BCUT2D eigenvalue weighted by molar-refractivity contribution is 0.622. The van der Waals surface area contributed by atoms with Crippen molar-refractivity contribution in [1.29, 1.82) is 0 Å². The number of nitrogens with zero attached hydrogens (tertiary/aromatic N) is 1. The third-order valence-electron chi connectivity index (χ3n) is 2.02. The predicted molar refractivity (Wildman–Crippen MR) is 62.0 cm³/mol. The molecular formula is C10H6Br2FN. The first-order chi connectivity index (χ1) is 6.74. The molecule has 0 fully saturated rings. The molecule has 0 N–H and O–H groups in total. The molecule has 1 heterocycles. The number of pyridine rings is 1. The molecule has 0 saturated heterocycles. The molecule has 0 radical (unpaired) electrons. The van der Waals surface area contributed by atoms with Crippen LogP contribution in [0.1, 0.15) is 5.56 Å². The second-order valence-corrected chi connectivity index (χ2v) is 4.22. The Hall–Kier alpha value is -0.480. The normalized spacial score (nSPS) is 10.8. The monoisotopic (exact) mass is 317 g/mol. The largest absolute Gasteiger partial charge is 0.255 e. The summed E-state index contributed by atoms with van der Waals surface area (Å²) in [5.41, 5.74) is 1.58. The van der Waals surface area contributed by atoms with E-state index < -0.39 is 0 Å². The lowest BCUT2D eigenvalue weighted by atomic mass is 10.1. The van der Waals surface area contributed by atoms with E-state index in [2.05, 4.69) is 36.8 Å². The molecule has 0 aliphatic heterocycles. The molecule has 4 heteroatoms. The van der Waals surface area contributed by atoms with Crippen molar-refractivity contribution in [1.82, 2.24) is 4.98 Å². The Bertz CT molecular complexity index is 485. The van der Waals surface area contributed by atoms with E-state index in [0.29, 0.717) is 15.3 Å². The lowest BCUT2D eigenvalue weighted by Gasteiger charge is -2.05. The van der Waals surface area contributed by atoms with Gasteiger partial charge in [-0.05, 0) is 33.6 Å². The van der Waals surface area contributed by atoms with Crippen molar-refractivity contribution in [2.24, 2.45) is 0 Å². The fraction of sp³-hybridized carbons (Fsp3) is 0.100. The molecule has 1 aromatic heterocycles. The smallest absolute Gasteiger partial charge is 0.139 e. The van der Waals surface area contributed by atoms with Gasteiger partial charge in [0.2, 0.25) is 0 Å². The molecule has 0 amide bonds. The van der Waals surface area contributed by atoms with Crippen LogP contribution in [0.3, 0.4) is 0 Å². The van der Waals surface area contributed by atoms with Gasteiger partial charge in [-0.15, -0.1) is 0 Å². The first-order valence-electron chi connectivity index (χ1n) is 4.01. The van der Waals surface area contributed by atoms with Crippen molar-refractivity contribution in [2.45, 2.75) is 5.33 Å². The van der Waals surface area contributed by atoms with E-state index >= 15 is 0 Å². The Morgan fingerprint density at radius 1 is 1.43 bits per heavy atom. The summed E-state index contributed by atoms with van der Waals surface area (Å²) >= 11 is 6.52. The third-order valence-corrected chi connectivity index (χ3v) is 3.37. The second kappa shape index (κ2) is 3.95. The minimum absolute atomic E-state index is 0.273. The average molecular weight is 319 g/mol. The van der Waals surface area contributed by atoms with Crippen molar-refractivity contribution in [3.8, 4) is 0 Å². The molecule has 72 valence electrons. The highest BCUT2D eigenvalue weighted by Gasteiger charge is 2.09. The highest BCUT2D eigenvalue weighted by Crippen LogP contribution is 2.29. The topological polar surface area (TPSA) is 12.9 Å². The molecule has 0 unspecified atom stereocenters. The van der Waals surface area contributed by atoms with E-state index in [1.807, 2.05) is 12.1 Å². The number of alkyl halides is 1. The molecule has 2 aromatic rings. The fourth-order valence-corrected chi connectivity index (χ4v) is 2.25. The van der Waals surface area contributed by atoms with Crippen LogP contribution in [-0.2, 0) is 5.33 Å². The van der Waals surface area contributed by atoms with Crippen LogP contribution in [0, 0.1) is 5.82 Å². The summed E-state index contributed by atoms with van der Waals surface area (Å²) in [6.45, 7) is 0. The van der Waals surface area contributed by atoms with Gasteiger partial charge in [-0.3, -0.25) is 4.98 Å². The Labute approximate surface area is 97.6 Å². The number of fused-ring (bicyclic) bond motifs is 1. The van der Waals surface area contributed by atoms with E-state index in [4.69, 9.17) is 0 Å². The van der Waals surface area contributed by atoms with E-state index in [0.717, 1.165) is 10.9 Å². The molecule has 1 nitrogen and oxygen atoms in total. The zero-order valence-corrected chi connectivity index (χ0v) is 10.3. The molecule has 0 atom stereocenters. The first kappa shape index (κ1) is 10.1. The minimum Gasteiger partial charge on any atom is -0.255 e. The van der Waals surface area contributed by atoms with Gasteiger partial charge in [0.1, 0.15) is 5.82 Å². The van der Waals surface area contributed by atoms with Crippen LogP contribution in [0.25, 0.3) is 10.9 Å². The van der Waals surface area contributed by atoms with Gasteiger partial charge in [0.25, 0.3) is 0 Å². The number of hydrogen-bond acceptors (Lipinski definition) is 1. The molecule has 0 bridgehead atoms. The van der Waals surface area contributed by atoms with Gasteiger partial charge in [0.15, 0.2) is 0 Å². The van der Waals surface area contributed by atoms with Crippen LogP contribution in [0.4, 0.5) is 4.39 Å². The zero-order valence-electron chi connectivity index (χ0n) is 7.10. The van der Waals surface area contributed by atoms with Crippen LogP contribution in [-0.4, -0.2) is 4.98 Å². The van der Waals surface area contributed by atoms with Gasteiger partial charge < -0.3 is 0 Å². The Morgan fingerprint density at radius 3 is 2.93 bits per heavy atom. The lowest BCUT2D eigenvalue weighted by Crippen LogP contribution is -1.89. The maximum atomic E-state index is 13.4. The maximum absolute atomic E-state index is 13.4. The van der Waals surface area contributed by atoms with Crippen LogP contribution < -0.4 is 0 Å². The SMILES string of the molecule is Fc1cc(CBr)c2cccnc2c1Br. The Morgan fingerprint density at radius 2 is 2.21 bits per heavy atom. The van der Waals surface area contributed by atoms with Crippen LogP contribution >= 0.6 is 31.9 Å². The Kier molecular flexibility index (Phi) is 2.83. The quantitative estimate of drug-likeness (QED) is 0.723. The van der Waals surface area contributed by atoms with Gasteiger partial charge >= 0.3 is 0 Å². The van der Waals surface area contributed by atoms with Gasteiger partial charge in [-0.25, -0.2) is 4.39 Å². The third kappa shape index (κ3) is 1.57. The summed E-state index contributed by atoms with van der Waals surface area (Å²) in [7, 11) is 0. The summed E-state index contributed by atoms with van der Waals surface area (Å²) in [5.74, 6) is -0.273. The molecule has 14 heavy (non-hydrogen) atoms. The first-order valence-corrected chi connectivity index (χ1v) is 5.93. The van der Waals surface area contributed by atoms with Crippen molar-refractivity contribution in [3.05, 3.63) is 40.2 Å². The standard InChI is InChI=1S/C10H6Br2FN/c11-5-6-4-8(13)9(12)10-7(6)2-1-3-14-10/h1-4H,5H2. The molecule has 0 saturated carbocycles. The zero-order chi connectivity index (χ0) is 10.1. The predicted octanol–water partition coefficient (Wildman–Crippen LogP) is 4.03. The van der Waals surface area contributed by atoms with E-state index in [1.165, 1.54) is 6.07 Å². The number of rotatable bonds is 1. The number of hydrogen-bond donors (Lipinski definition) is 0. The second-order valence-electron chi connectivity index (χ2n) is 2.86. The van der Waals surface area contributed by atoms with Gasteiger partial charge in [-0.2, -0.15) is 0 Å². The highest BCUT2D eigenvalue weighted by atomic mass is 79.9. The summed E-state index contributed by atoms with van der Waals surface area (Å²) in [6.07, 6.45) is 1.66. The maximum Gasteiger partial charge on any atom is 0.139 e. The molecule has 0 aliphatic carbocycles. The molecule has 2 rings (SSSR count). The molecule has 0 aliphatic rings. The number of aromatic nitrogens is 1. The van der Waals surface area contributed by atoms with E-state index in [9.17, 15) is 4.39 Å². The summed E-state index contributed by atoms with van der Waals surface area (Å²) < 4.78 is 13.8. The van der Waals surface area contributed by atoms with Crippen molar-refractivity contribution >= 4 is 42.8 Å². The van der Waals surface area contributed by atoms with Crippen LogP contribution in [0.2, 0.25) is 0 Å². The van der Waals surface area contributed by atoms with Gasteiger partial charge in [-0.1, -0.05) is 22.0 Å². The van der Waals surface area contributed by atoms with Gasteiger partial charge in [0, 0.05) is 16.9 Å². The van der Waals surface area contributed by atoms with Crippen molar-refractivity contribution < 1.29 is 4.39 Å². The average Bonchev–Trinajstić information content (AvgIpc) is 2.23. The van der Waals surface area contributed by atoms with Crippen molar-refractivity contribution in [2.75, 3.05) is 0 Å². The van der Waals surface area contributed by atoms with Crippen LogP contribution in [0.15, 0.2) is 28.9 Å². The number of halogens is 3. The van der Waals surface area contributed by atoms with Crippen LogP contribution in [0.5, 0.6) is 0 Å². The summed E-state index contributed by atoms with van der Waals surface area (Å²) in [4.78, 5) is 4.14. The van der Waals surface area contributed by atoms with E-state index in [-0.39, 0.29) is 5.82 Å². The number of benzene rings is 1.